The summed E-state index contributed by atoms with van der Waals surface area (Å²) in [6.45, 7) is 0. The molecule has 0 saturated heterocycles. The summed E-state index contributed by atoms with van der Waals surface area (Å²) in [4.78, 5) is 4.36. The van der Waals surface area contributed by atoms with Crippen molar-refractivity contribution in [2.45, 2.75) is 9.92 Å². The summed E-state index contributed by atoms with van der Waals surface area (Å²) in [6, 6.07) is 13.6. The average Bonchev–Trinajstić information content (AvgIpc) is 3.01. The van der Waals surface area contributed by atoms with Crippen molar-refractivity contribution in [3.8, 4) is 11.5 Å². The van der Waals surface area contributed by atoms with Crippen LogP contribution in [0, 0.1) is 0 Å². The molecule has 1 aromatic heterocycles. The van der Waals surface area contributed by atoms with Crippen molar-refractivity contribution in [2.75, 3.05) is 12.4 Å². The van der Waals surface area contributed by atoms with Gasteiger partial charge in [0.05, 0.1) is 4.90 Å². The zero-order valence-corrected chi connectivity index (χ0v) is 16.4. The highest BCUT2D eigenvalue weighted by Crippen LogP contribution is 2.32. The standard InChI is InChI=1S/C16H12Br2N2O3S/c1-19-15-16(24(21,22)13-8-6-12(18)7-9-13)20-14(23-15)10-2-4-11(17)5-3-10/h2-9,19H,1H3. The molecule has 3 rings (SSSR count). The molecule has 0 spiro atoms. The van der Waals surface area contributed by atoms with Crippen LogP contribution in [0.3, 0.4) is 0 Å². The third-order valence-electron chi connectivity index (χ3n) is 3.29. The Bertz CT molecular complexity index is 966. The largest absolute Gasteiger partial charge is 0.419 e. The summed E-state index contributed by atoms with van der Waals surface area (Å²) in [5.74, 6) is 0.346. The smallest absolute Gasteiger partial charge is 0.233 e. The van der Waals surface area contributed by atoms with Crippen LogP contribution >= 0.6 is 31.9 Å². The van der Waals surface area contributed by atoms with Crippen LogP contribution in [0.4, 0.5) is 5.88 Å². The van der Waals surface area contributed by atoms with Gasteiger partial charge < -0.3 is 9.73 Å². The van der Waals surface area contributed by atoms with E-state index in [0.717, 1.165) is 8.95 Å². The molecular weight excluding hydrogens is 460 g/mol. The summed E-state index contributed by atoms with van der Waals surface area (Å²) in [5, 5.41) is 2.62. The number of anilines is 1. The van der Waals surface area contributed by atoms with Crippen LogP contribution < -0.4 is 5.32 Å². The zero-order valence-electron chi connectivity index (χ0n) is 12.5. The van der Waals surface area contributed by atoms with Gasteiger partial charge in [-0.2, -0.15) is 4.98 Å². The van der Waals surface area contributed by atoms with E-state index in [4.69, 9.17) is 4.42 Å². The molecule has 0 amide bonds. The first-order chi connectivity index (χ1) is 11.4. The highest BCUT2D eigenvalue weighted by Gasteiger charge is 2.28. The average molecular weight is 472 g/mol. The molecule has 0 atom stereocenters. The Labute approximate surface area is 156 Å². The second-order valence-corrected chi connectivity index (χ2v) is 8.56. The Morgan fingerprint density at radius 1 is 0.958 bits per heavy atom. The van der Waals surface area contributed by atoms with Crippen LogP contribution in [0.5, 0.6) is 0 Å². The number of benzene rings is 2. The molecule has 2 aromatic carbocycles. The van der Waals surface area contributed by atoms with Gasteiger partial charge in [0.1, 0.15) is 0 Å². The molecule has 8 heteroatoms. The van der Waals surface area contributed by atoms with Gasteiger partial charge in [0.25, 0.3) is 0 Å². The molecule has 0 aliphatic carbocycles. The Balaban J connectivity index is 2.10. The van der Waals surface area contributed by atoms with E-state index in [0.29, 0.717) is 5.56 Å². The zero-order chi connectivity index (χ0) is 17.3. The summed E-state index contributed by atoms with van der Waals surface area (Å²) in [7, 11) is -2.20. The molecule has 0 bridgehead atoms. The van der Waals surface area contributed by atoms with Gasteiger partial charge >= 0.3 is 0 Å². The maximum absolute atomic E-state index is 12.8. The third-order valence-corrected chi connectivity index (χ3v) is 6.03. The molecular formula is C16H12Br2N2O3S. The normalized spacial score (nSPS) is 11.5. The molecule has 0 aliphatic heterocycles. The maximum atomic E-state index is 12.8. The molecule has 124 valence electrons. The van der Waals surface area contributed by atoms with Gasteiger partial charge in [-0.15, -0.1) is 0 Å². The molecule has 0 unspecified atom stereocenters. The molecule has 0 fully saturated rings. The molecule has 5 nitrogen and oxygen atoms in total. The quantitative estimate of drug-likeness (QED) is 0.594. The van der Waals surface area contributed by atoms with E-state index in [-0.39, 0.29) is 21.7 Å². The van der Waals surface area contributed by atoms with Crippen LogP contribution in [0.1, 0.15) is 0 Å². The second kappa shape index (κ2) is 6.70. The van der Waals surface area contributed by atoms with Crippen molar-refractivity contribution >= 4 is 47.6 Å². The van der Waals surface area contributed by atoms with E-state index < -0.39 is 9.84 Å². The molecule has 24 heavy (non-hydrogen) atoms. The van der Waals surface area contributed by atoms with Crippen molar-refractivity contribution in [1.29, 1.82) is 0 Å². The van der Waals surface area contributed by atoms with Gasteiger partial charge in [-0.05, 0) is 48.5 Å². The minimum absolute atomic E-state index is 0.107. The number of aromatic nitrogens is 1. The topological polar surface area (TPSA) is 72.2 Å². The number of oxazole rings is 1. The number of rotatable bonds is 4. The van der Waals surface area contributed by atoms with Crippen LogP contribution in [0.2, 0.25) is 0 Å². The minimum Gasteiger partial charge on any atom is -0.419 e. The van der Waals surface area contributed by atoms with Crippen molar-refractivity contribution < 1.29 is 12.8 Å². The van der Waals surface area contributed by atoms with E-state index in [2.05, 4.69) is 42.2 Å². The molecule has 1 N–H and O–H groups in total. The fraction of sp³-hybridized carbons (Fsp3) is 0.0625. The first-order valence-corrected chi connectivity index (χ1v) is 9.94. The van der Waals surface area contributed by atoms with E-state index >= 15 is 0 Å². The van der Waals surface area contributed by atoms with Gasteiger partial charge in [-0.3, -0.25) is 0 Å². The summed E-state index contributed by atoms with van der Waals surface area (Å²) >= 11 is 6.65. The lowest BCUT2D eigenvalue weighted by molar-refractivity contribution is 0.580. The van der Waals surface area contributed by atoms with Crippen LogP contribution in [0.25, 0.3) is 11.5 Å². The van der Waals surface area contributed by atoms with Gasteiger partial charge in [0.2, 0.25) is 26.6 Å². The summed E-state index contributed by atoms with van der Waals surface area (Å²) in [6.07, 6.45) is 0. The summed E-state index contributed by atoms with van der Waals surface area (Å²) in [5.41, 5.74) is 0.687. The molecule has 0 radical (unpaired) electrons. The van der Waals surface area contributed by atoms with E-state index in [1.165, 1.54) is 12.1 Å². The number of hydrogen-bond donors (Lipinski definition) is 1. The van der Waals surface area contributed by atoms with Gasteiger partial charge in [-0.25, -0.2) is 8.42 Å². The lowest BCUT2D eigenvalue weighted by atomic mass is 10.2. The monoisotopic (exact) mass is 470 g/mol. The first-order valence-electron chi connectivity index (χ1n) is 6.87. The van der Waals surface area contributed by atoms with Gasteiger partial charge in [0, 0.05) is 21.6 Å². The Morgan fingerprint density at radius 3 is 2.04 bits per heavy atom. The predicted octanol–water partition coefficient (Wildman–Crippen LogP) is 4.74. The highest BCUT2D eigenvalue weighted by molar-refractivity contribution is 9.10. The van der Waals surface area contributed by atoms with Crippen LogP contribution in [-0.4, -0.2) is 20.4 Å². The van der Waals surface area contributed by atoms with Crippen LogP contribution in [0.15, 0.2) is 71.8 Å². The lowest BCUT2D eigenvalue weighted by Gasteiger charge is -2.02. The number of nitrogens with zero attached hydrogens (tertiary/aromatic N) is 1. The lowest BCUT2D eigenvalue weighted by Crippen LogP contribution is -2.05. The molecule has 1 heterocycles. The van der Waals surface area contributed by atoms with Crippen LogP contribution in [-0.2, 0) is 9.84 Å². The Morgan fingerprint density at radius 2 is 1.50 bits per heavy atom. The van der Waals surface area contributed by atoms with E-state index in [1.54, 1.807) is 31.3 Å². The number of sulfone groups is 1. The fourth-order valence-corrected chi connectivity index (χ4v) is 3.92. The highest BCUT2D eigenvalue weighted by atomic mass is 79.9. The molecule has 0 aliphatic rings. The Hall–Kier alpha value is -1.64. The third kappa shape index (κ3) is 3.26. The van der Waals surface area contributed by atoms with Crippen molar-refractivity contribution in [1.82, 2.24) is 4.98 Å². The molecule has 0 saturated carbocycles. The van der Waals surface area contributed by atoms with Crippen molar-refractivity contribution in [3.05, 3.63) is 57.5 Å². The number of nitrogens with one attached hydrogen (secondary N) is 1. The van der Waals surface area contributed by atoms with E-state index in [9.17, 15) is 8.42 Å². The van der Waals surface area contributed by atoms with Gasteiger partial charge in [0.15, 0.2) is 0 Å². The second-order valence-electron chi connectivity index (χ2n) is 4.87. The molecule has 3 aromatic rings. The predicted molar refractivity (Wildman–Crippen MR) is 98.8 cm³/mol. The number of halogens is 2. The maximum Gasteiger partial charge on any atom is 0.233 e. The van der Waals surface area contributed by atoms with Gasteiger partial charge in [-0.1, -0.05) is 31.9 Å². The SMILES string of the molecule is CNc1oc(-c2ccc(Br)cc2)nc1S(=O)(=O)c1ccc(Br)cc1. The Kier molecular flexibility index (Phi) is 4.80. The fourth-order valence-electron chi connectivity index (χ4n) is 2.09. The first kappa shape index (κ1) is 17.2. The summed E-state index contributed by atoms with van der Waals surface area (Å²) < 4.78 is 33.0. The van der Waals surface area contributed by atoms with E-state index in [1.807, 2.05) is 12.1 Å². The van der Waals surface area contributed by atoms with Crippen molar-refractivity contribution in [3.63, 3.8) is 0 Å². The minimum atomic E-state index is -3.79. The number of hydrogen-bond acceptors (Lipinski definition) is 5. The van der Waals surface area contributed by atoms with Crippen molar-refractivity contribution in [2.24, 2.45) is 0 Å².